The molecule has 0 aliphatic carbocycles. The molecule has 0 unspecified atom stereocenters. The molecule has 0 fully saturated rings. The molecule has 2 aromatic heterocycles. The lowest BCUT2D eigenvalue weighted by atomic mass is 9.82. The van der Waals surface area contributed by atoms with Crippen molar-refractivity contribution < 1.29 is 14.7 Å². The molecule has 7 heteroatoms. The number of hydrogen-bond acceptors (Lipinski definition) is 4. The van der Waals surface area contributed by atoms with Gasteiger partial charge in [-0.15, -0.1) is 11.3 Å². The zero-order valence-electron chi connectivity index (χ0n) is 13.3. The van der Waals surface area contributed by atoms with E-state index >= 15 is 0 Å². The van der Waals surface area contributed by atoms with Crippen LogP contribution in [0, 0.1) is 12.3 Å². The second-order valence-corrected chi connectivity index (χ2v) is 6.54. The van der Waals surface area contributed by atoms with Gasteiger partial charge in [-0.2, -0.15) is 5.10 Å². The van der Waals surface area contributed by atoms with Crippen LogP contribution >= 0.6 is 11.3 Å². The first kappa shape index (κ1) is 16.5. The summed E-state index contributed by atoms with van der Waals surface area (Å²) in [6.07, 6.45) is 0.961. The highest BCUT2D eigenvalue weighted by molar-refractivity contribution is 7.20. The van der Waals surface area contributed by atoms with E-state index in [-0.39, 0.29) is 12.5 Å². The van der Waals surface area contributed by atoms with E-state index in [0.29, 0.717) is 17.7 Å². The van der Waals surface area contributed by atoms with Crippen molar-refractivity contribution in [1.82, 2.24) is 15.1 Å². The first-order valence-electron chi connectivity index (χ1n) is 7.29. The second-order valence-electron chi connectivity index (χ2n) is 5.51. The summed E-state index contributed by atoms with van der Waals surface area (Å²) in [4.78, 5) is 25.3. The zero-order valence-corrected chi connectivity index (χ0v) is 14.1. The molecular weight excluding hydrogens is 302 g/mol. The van der Waals surface area contributed by atoms with Gasteiger partial charge in [-0.1, -0.05) is 13.8 Å². The number of aliphatic carboxylic acids is 1. The van der Waals surface area contributed by atoms with Crippen molar-refractivity contribution in [1.29, 1.82) is 0 Å². The molecule has 1 amide bonds. The SMILES string of the molecule is CCC(CC)(CNC(=O)c1cc2c(C)nn(C)c2s1)C(=O)O. The van der Waals surface area contributed by atoms with Crippen molar-refractivity contribution in [3.63, 3.8) is 0 Å². The van der Waals surface area contributed by atoms with Gasteiger partial charge >= 0.3 is 5.97 Å². The number of aryl methyl sites for hydroxylation is 2. The van der Waals surface area contributed by atoms with Gasteiger partial charge in [-0.05, 0) is 25.8 Å². The maximum absolute atomic E-state index is 12.3. The fraction of sp³-hybridized carbons (Fsp3) is 0.533. The number of hydrogen-bond donors (Lipinski definition) is 2. The quantitative estimate of drug-likeness (QED) is 0.855. The molecule has 22 heavy (non-hydrogen) atoms. The summed E-state index contributed by atoms with van der Waals surface area (Å²) in [6, 6.07) is 1.82. The molecule has 0 radical (unpaired) electrons. The number of fused-ring (bicyclic) bond motifs is 1. The first-order valence-corrected chi connectivity index (χ1v) is 8.11. The average Bonchev–Trinajstić information content (AvgIpc) is 3.02. The number of carboxylic acids is 1. The Morgan fingerprint density at radius 1 is 1.41 bits per heavy atom. The molecule has 0 bridgehead atoms. The number of carbonyl (C=O) groups excluding carboxylic acids is 1. The Morgan fingerprint density at radius 3 is 2.55 bits per heavy atom. The average molecular weight is 323 g/mol. The third kappa shape index (κ3) is 2.72. The monoisotopic (exact) mass is 323 g/mol. The molecule has 0 saturated heterocycles. The van der Waals surface area contributed by atoms with E-state index in [1.807, 2.05) is 33.9 Å². The fourth-order valence-corrected chi connectivity index (χ4v) is 3.57. The minimum atomic E-state index is -0.899. The number of nitrogens with one attached hydrogen (secondary N) is 1. The fourth-order valence-electron chi connectivity index (χ4n) is 2.53. The van der Waals surface area contributed by atoms with Crippen LogP contribution in [0.3, 0.4) is 0 Å². The van der Waals surface area contributed by atoms with Gasteiger partial charge in [0.25, 0.3) is 5.91 Å². The third-order valence-corrected chi connectivity index (χ3v) is 5.52. The summed E-state index contributed by atoms with van der Waals surface area (Å²) in [5, 5.41) is 17.4. The molecule has 0 aliphatic heterocycles. The van der Waals surface area contributed by atoms with Gasteiger partial charge in [-0.25, -0.2) is 0 Å². The Kier molecular flexibility index (Phi) is 4.55. The van der Waals surface area contributed by atoms with E-state index in [1.54, 1.807) is 4.68 Å². The summed E-state index contributed by atoms with van der Waals surface area (Å²) in [5.74, 6) is -1.10. The van der Waals surface area contributed by atoms with Crippen molar-refractivity contribution in [2.75, 3.05) is 6.54 Å². The lowest BCUT2D eigenvalue weighted by molar-refractivity contribution is -0.149. The molecule has 6 nitrogen and oxygen atoms in total. The van der Waals surface area contributed by atoms with E-state index in [4.69, 9.17) is 0 Å². The van der Waals surface area contributed by atoms with Crippen LogP contribution in [0.5, 0.6) is 0 Å². The number of rotatable bonds is 6. The smallest absolute Gasteiger partial charge is 0.311 e. The highest BCUT2D eigenvalue weighted by Crippen LogP contribution is 2.29. The summed E-state index contributed by atoms with van der Waals surface area (Å²) < 4.78 is 1.76. The highest BCUT2D eigenvalue weighted by Gasteiger charge is 2.35. The standard InChI is InChI=1S/C15H21N3O3S/c1-5-15(6-2,14(20)21)8-16-12(19)11-7-10-9(3)17-18(4)13(10)22-11/h7H,5-6,8H2,1-4H3,(H,16,19)(H,20,21). The van der Waals surface area contributed by atoms with Crippen LogP contribution < -0.4 is 5.32 Å². The number of carbonyl (C=O) groups is 2. The van der Waals surface area contributed by atoms with Crippen molar-refractivity contribution in [3.8, 4) is 0 Å². The maximum Gasteiger partial charge on any atom is 0.311 e. The molecule has 0 aromatic carbocycles. The Labute approximate surface area is 133 Å². The van der Waals surface area contributed by atoms with Gasteiger partial charge in [0.1, 0.15) is 4.83 Å². The highest BCUT2D eigenvalue weighted by atomic mass is 32.1. The third-order valence-electron chi connectivity index (χ3n) is 4.31. The number of aromatic nitrogens is 2. The molecule has 0 atom stereocenters. The van der Waals surface area contributed by atoms with Crippen LogP contribution in [0.15, 0.2) is 6.07 Å². The largest absolute Gasteiger partial charge is 0.481 e. The number of carboxylic acid groups (broad SMARTS) is 1. The van der Waals surface area contributed by atoms with Crippen molar-refractivity contribution in [3.05, 3.63) is 16.6 Å². The van der Waals surface area contributed by atoms with Gasteiger partial charge < -0.3 is 10.4 Å². The van der Waals surface area contributed by atoms with Gasteiger partial charge in [0.15, 0.2) is 0 Å². The van der Waals surface area contributed by atoms with Crippen LogP contribution in [0.1, 0.15) is 42.1 Å². The van der Waals surface area contributed by atoms with Crippen LogP contribution in [0.25, 0.3) is 10.2 Å². The van der Waals surface area contributed by atoms with Crippen molar-refractivity contribution >= 4 is 33.4 Å². The Bertz CT molecular complexity index is 679. The minimum absolute atomic E-state index is 0.139. The van der Waals surface area contributed by atoms with Crippen LogP contribution in [-0.4, -0.2) is 33.3 Å². The van der Waals surface area contributed by atoms with Crippen LogP contribution in [0.4, 0.5) is 0 Å². The van der Waals surface area contributed by atoms with Gasteiger partial charge in [-0.3, -0.25) is 14.3 Å². The van der Waals surface area contributed by atoms with E-state index in [2.05, 4.69) is 10.4 Å². The Balaban J connectivity index is 2.17. The Hall–Kier alpha value is -1.89. The molecule has 2 aromatic rings. The number of thiophene rings is 1. The summed E-state index contributed by atoms with van der Waals surface area (Å²) in [5.41, 5.74) is -0.0149. The molecule has 2 heterocycles. The molecule has 120 valence electrons. The lowest BCUT2D eigenvalue weighted by Gasteiger charge is -2.26. The first-order chi connectivity index (χ1) is 10.3. The van der Waals surface area contributed by atoms with E-state index in [0.717, 1.165) is 15.9 Å². The summed E-state index contributed by atoms with van der Waals surface area (Å²) in [6.45, 7) is 5.70. The molecule has 2 N–H and O–H groups in total. The minimum Gasteiger partial charge on any atom is -0.481 e. The normalized spacial score (nSPS) is 11.8. The van der Waals surface area contributed by atoms with Crippen molar-refractivity contribution in [2.45, 2.75) is 33.6 Å². The molecular formula is C15H21N3O3S. The molecule has 2 rings (SSSR count). The molecule has 0 aliphatic rings. The van der Waals surface area contributed by atoms with E-state index in [9.17, 15) is 14.7 Å². The predicted molar refractivity (Wildman–Crippen MR) is 86.3 cm³/mol. The topological polar surface area (TPSA) is 84.2 Å². The van der Waals surface area contributed by atoms with Crippen molar-refractivity contribution in [2.24, 2.45) is 12.5 Å². The van der Waals surface area contributed by atoms with Gasteiger partial charge in [0, 0.05) is 19.0 Å². The van der Waals surface area contributed by atoms with Gasteiger partial charge in [0.2, 0.25) is 0 Å². The van der Waals surface area contributed by atoms with Crippen LogP contribution in [0.2, 0.25) is 0 Å². The van der Waals surface area contributed by atoms with Crippen LogP contribution in [-0.2, 0) is 11.8 Å². The van der Waals surface area contributed by atoms with E-state index < -0.39 is 11.4 Å². The second kappa shape index (κ2) is 6.08. The number of nitrogens with zero attached hydrogens (tertiary/aromatic N) is 2. The Morgan fingerprint density at radius 2 is 2.05 bits per heavy atom. The van der Waals surface area contributed by atoms with Gasteiger partial charge in [0.05, 0.1) is 16.0 Å². The number of amides is 1. The predicted octanol–water partition coefficient (Wildman–Crippen LogP) is 2.56. The van der Waals surface area contributed by atoms with E-state index in [1.165, 1.54) is 11.3 Å². The lowest BCUT2D eigenvalue weighted by Crippen LogP contribution is -2.42. The summed E-state index contributed by atoms with van der Waals surface area (Å²) in [7, 11) is 1.84. The summed E-state index contributed by atoms with van der Waals surface area (Å²) >= 11 is 1.37. The maximum atomic E-state index is 12.3. The molecule has 0 saturated carbocycles. The zero-order chi connectivity index (χ0) is 16.5. The molecule has 0 spiro atoms.